The Labute approximate surface area is 172 Å². The highest BCUT2D eigenvalue weighted by molar-refractivity contribution is 5.86. The van der Waals surface area contributed by atoms with Gasteiger partial charge in [-0.3, -0.25) is 9.59 Å². The fourth-order valence-electron chi connectivity index (χ4n) is 2.89. The zero-order chi connectivity index (χ0) is 22.2. The summed E-state index contributed by atoms with van der Waals surface area (Å²) in [5.41, 5.74) is -0.572. The van der Waals surface area contributed by atoms with E-state index in [9.17, 15) is 19.2 Å². The SMILES string of the molecule is CC[C@H](C)[C@@H](NC(=O)COC(=O)C1CCN(C(=O)OC(C)(C)C)CC1)C(=O)OC. The van der Waals surface area contributed by atoms with E-state index in [1.54, 1.807) is 25.7 Å². The van der Waals surface area contributed by atoms with Gasteiger partial charge in [-0.1, -0.05) is 20.3 Å². The topological polar surface area (TPSA) is 111 Å². The molecular formula is C20H34N2O7. The number of rotatable bonds is 7. The van der Waals surface area contributed by atoms with Gasteiger partial charge < -0.3 is 24.4 Å². The van der Waals surface area contributed by atoms with Crippen molar-refractivity contribution in [2.24, 2.45) is 11.8 Å². The van der Waals surface area contributed by atoms with E-state index < -0.39 is 42.2 Å². The normalized spacial score (nSPS) is 17.1. The fourth-order valence-corrected chi connectivity index (χ4v) is 2.89. The van der Waals surface area contributed by atoms with Crippen LogP contribution in [0.3, 0.4) is 0 Å². The number of nitrogens with one attached hydrogen (secondary N) is 1. The minimum absolute atomic E-state index is 0.112. The van der Waals surface area contributed by atoms with Crippen molar-refractivity contribution in [3.63, 3.8) is 0 Å². The Morgan fingerprint density at radius 1 is 1.14 bits per heavy atom. The maximum Gasteiger partial charge on any atom is 0.410 e. The molecule has 9 nitrogen and oxygen atoms in total. The Balaban J connectivity index is 2.44. The van der Waals surface area contributed by atoms with Gasteiger partial charge in [-0.25, -0.2) is 9.59 Å². The number of hydrogen-bond acceptors (Lipinski definition) is 7. The molecule has 0 spiro atoms. The number of nitrogens with zero attached hydrogens (tertiary/aromatic N) is 1. The van der Waals surface area contributed by atoms with E-state index in [2.05, 4.69) is 5.32 Å². The lowest BCUT2D eigenvalue weighted by Gasteiger charge is -2.32. The van der Waals surface area contributed by atoms with Crippen molar-refractivity contribution in [3.8, 4) is 0 Å². The number of methoxy groups -OCH3 is 1. The van der Waals surface area contributed by atoms with Crippen LogP contribution in [0.15, 0.2) is 0 Å². The first kappa shape index (κ1) is 24.7. The number of piperidine rings is 1. The third-order valence-corrected chi connectivity index (χ3v) is 4.81. The molecule has 0 radical (unpaired) electrons. The summed E-state index contributed by atoms with van der Waals surface area (Å²) in [5.74, 6) is -2.07. The lowest BCUT2D eigenvalue weighted by atomic mass is 9.97. The van der Waals surface area contributed by atoms with Gasteiger partial charge in [0.05, 0.1) is 13.0 Å². The predicted octanol–water partition coefficient (Wildman–Crippen LogP) is 1.88. The molecule has 0 aliphatic carbocycles. The summed E-state index contributed by atoms with van der Waals surface area (Å²) in [7, 11) is 1.26. The highest BCUT2D eigenvalue weighted by Gasteiger charge is 2.31. The van der Waals surface area contributed by atoms with Crippen molar-refractivity contribution in [3.05, 3.63) is 0 Å². The Morgan fingerprint density at radius 3 is 2.21 bits per heavy atom. The van der Waals surface area contributed by atoms with Gasteiger partial charge in [-0.2, -0.15) is 0 Å². The van der Waals surface area contributed by atoms with Gasteiger partial charge in [-0.15, -0.1) is 0 Å². The monoisotopic (exact) mass is 414 g/mol. The lowest BCUT2D eigenvalue weighted by Crippen LogP contribution is -2.47. The molecule has 0 aromatic rings. The standard InChI is InChI=1S/C20H34N2O7/c1-7-13(2)16(18(25)27-6)21-15(23)12-28-17(24)14-8-10-22(11-9-14)19(26)29-20(3,4)5/h13-14,16H,7-12H2,1-6H3,(H,21,23)/t13-,16+/m0/s1. The van der Waals surface area contributed by atoms with Gasteiger partial charge in [0.25, 0.3) is 5.91 Å². The fraction of sp³-hybridized carbons (Fsp3) is 0.800. The molecule has 0 saturated carbocycles. The smallest absolute Gasteiger partial charge is 0.410 e. The maximum atomic E-state index is 12.2. The van der Waals surface area contributed by atoms with E-state index in [-0.39, 0.29) is 11.8 Å². The molecule has 0 aromatic heterocycles. The van der Waals surface area contributed by atoms with Crippen LogP contribution >= 0.6 is 0 Å². The molecule has 1 saturated heterocycles. The van der Waals surface area contributed by atoms with Gasteiger partial charge in [0.2, 0.25) is 0 Å². The number of carbonyl (C=O) groups excluding carboxylic acids is 4. The Morgan fingerprint density at radius 2 is 1.72 bits per heavy atom. The molecule has 1 N–H and O–H groups in total. The minimum atomic E-state index is -0.784. The third-order valence-electron chi connectivity index (χ3n) is 4.81. The molecule has 1 aliphatic rings. The first-order valence-electron chi connectivity index (χ1n) is 10.00. The summed E-state index contributed by atoms with van der Waals surface area (Å²) in [6.45, 7) is 9.43. The maximum absolute atomic E-state index is 12.2. The molecule has 9 heteroatoms. The molecule has 2 atom stereocenters. The largest absolute Gasteiger partial charge is 0.467 e. The average Bonchev–Trinajstić information content (AvgIpc) is 2.67. The van der Waals surface area contributed by atoms with E-state index in [0.717, 1.165) is 0 Å². The summed E-state index contributed by atoms with van der Waals surface area (Å²) >= 11 is 0. The molecule has 1 fully saturated rings. The summed E-state index contributed by atoms with van der Waals surface area (Å²) < 4.78 is 15.1. The highest BCUT2D eigenvalue weighted by Crippen LogP contribution is 2.21. The molecule has 2 amide bonds. The van der Waals surface area contributed by atoms with Crippen LogP contribution in [-0.2, 0) is 28.6 Å². The summed E-state index contributed by atoms with van der Waals surface area (Å²) in [5, 5.41) is 2.56. The van der Waals surface area contributed by atoms with Crippen LogP contribution in [0, 0.1) is 11.8 Å². The number of hydrogen-bond donors (Lipinski definition) is 1. The van der Waals surface area contributed by atoms with Crippen LogP contribution in [0.2, 0.25) is 0 Å². The van der Waals surface area contributed by atoms with Crippen LogP contribution in [0.1, 0.15) is 53.9 Å². The highest BCUT2D eigenvalue weighted by atomic mass is 16.6. The molecule has 1 heterocycles. The van der Waals surface area contributed by atoms with Crippen molar-refractivity contribution in [1.29, 1.82) is 0 Å². The predicted molar refractivity (Wildman–Crippen MR) is 105 cm³/mol. The van der Waals surface area contributed by atoms with Gasteiger partial charge in [0, 0.05) is 13.1 Å². The van der Waals surface area contributed by atoms with Crippen LogP contribution in [0.25, 0.3) is 0 Å². The summed E-state index contributed by atoms with van der Waals surface area (Å²) in [6, 6.07) is -0.784. The van der Waals surface area contributed by atoms with E-state index in [1.165, 1.54) is 7.11 Å². The number of amides is 2. The van der Waals surface area contributed by atoms with E-state index in [0.29, 0.717) is 32.4 Å². The van der Waals surface area contributed by atoms with Crippen LogP contribution < -0.4 is 5.32 Å². The summed E-state index contributed by atoms with van der Waals surface area (Å²) in [6.07, 6.45) is 1.16. The number of carbonyl (C=O) groups is 4. The van der Waals surface area contributed by atoms with Gasteiger partial charge in [0.15, 0.2) is 6.61 Å². The summed E-state index contributed by atoms with van der Waals surface area (Å²) in [4.78, 5) is 49.8. The molecule has 1 rings (SSSR count). The zero-order valence-corrected chi connectivity index (χ0v) is 18.3. The number of likely N-dealkylation sites (tertiary alicyclic amines) is 1. The van der Waals surface area contributed by atoms with Crippen LogP contribution in [0.5, 0.6) is 0 Å². The van der Waals surface area contributed by atoms with Gasteiger partial charge in [-0.05, 0) is 39.5 Å². The van der Waals surface area contributed by atoms with Gasteiger partial charge >= 0.3 is 18.0 Å². The second kappa shape index (κ2) is 11.0. The molecule has 0 bridgehead atoms. The Kier molecular flexibility index (Phi) is 9.39. The molecule has 0 aromatic carbocycles. The van der Waals surface area contributed by atoms with Crippen molar-refractivity contribution in [2.45, 2.75) is 65.5 Å². The second-order valence-corrected chi connectivity index (χ2v) is 8.30. The third kappa shape index (κ3) is 8.29. The average molecular weight is 414 g/mol. The first-order valence-corrected chi connectivity index (χ1v) is 10.00. The molecular weight excluding hydrogens is 380 g/mol. The van der Waals surface area contributed by atoms with E-state index in [1.807, 2.05) is 13.8 Å². The molecule has 29 heavy (non-hydrogen) atoms. The molecule has 1 aliphatic heterocycles. The van der Waals surface area contributed by atoms with Crippen molar-refractivity contribution in [1.82, 2.24) is 10.2 Å². The van der Waals surface area contributed by atoms with Crippen molar-refractivity contribution in [2.75, 3.05) is 26.8 Å². The first-order chi connectivity index (χ1) is 13.5. The minimum Gasteiger partial charge on any atom is -0.467 e. The Hall–Kier alpha value is -2.32. The molecule has 166 valence electrons. The van der Waals surface area contributed by atoms with Crippen molar-refractivity contribution < 1.29 is 33.4 Å². The zero-order valence-electron chi connectivity index (χ0n) is 18.3. The van der Waals surface area contributed by atoms with E-state index in [4.69, 9.17) is 14.2 Å². The lowest BCUT2D eigenvalue weighted by molar-refractivity contribution is -0.155. The van der Waals surface area contributed by atoms with Crippen molar-refractivity contribution >= 4 is 23.9 Å². The quantitative estimate of drug-likeness (QED) is 0.500. The van der Waals surface area contributed by atoms with Gasteiger partial charge in [0.1, 0.15) is 11.6 Å². The Bertz CT molecular complexity index is 592. The number of ether oxygens (including phenoxy) is 3. The van der Waals surface area contributed by atoms with Crippen LogP contribution in [-0.4, -0.2) is 67.3 Å². The van der Waals surface area contributed by atoms with E-state index >= 15 is 0 Å². The number of esters is 2. The molecule has 0 unspecified atom stereocenters. The second-order valence-electron chi connectivity index (χ2n) is 8.30. The van der Waals surface area contributed by atoms with Crippen LogP contribution in [0.4, 0.5) is 4.79 Å².